The van der Waals surface area contributed by atoms with Gasteiger partial charge in [0.1, 0.15) is 12.1 Å². The van der Waals surface area contributed by atoms with Gasteiger partial charge in [-0.15, -0.1) is 0 Å². The highest BCUT2D eigenvalue weighted by atomic mass is 32.2. The molecular weight excluding hydrogens is 260 g/mol. The quantitative estimate of drug-likeness (QED) is 0.925. The number of hydrogen-bond donors (Lipinski definition) is 1. The molecule has 1 saturated heterocycles. The first kappa shape index (κ1) is 12.3. The molecule has 1 aliphatic rings. The van der Waals surface area contributed by atoms with E-state index in [2.05, 4.69) is 15.3 Å². The summed E-state index contributed by atoms with van der Waals surface area (Å²) in [6, 6.07) is 4.40. The molecule has 3 heterocycles. The van der Waals surface area contributed by atoms with Gasteiger partial charge in [0.25, 0.3) is 0 Å². The molecule has 1 N–H and O–H groups in total. The Morgan fingerprint density at radius 2 is 2.16 bits per heavy atom. The third-order valence-corrected chi connectivity index (χ3v) is 4.66. The van der Waals surface area contributed by atoms with Crippen LogP contribution in [0.25, 0.3) is 5.82 Å². The van der Waals surface area contributed by atoms with Crippen molar-refractivity contribution in [2.24, 2.45) is 0 Å². The van der Waals surface area contributed by atoms with Crippen molar-refractivity contribution in [1.29, 1.82) is 0 Å². The molecule has 3 rings (SSSR count). The highest BCUT2D eigenvalue weighted by Crippen LogP contribution is 2.16. The van der Waals surface area contributed by atoms with E-state index in [-0.39, 0.29) is 0 Å². The van der Waals surface area contributed by atoms with Crippen molar-refractivity contribution in [3.63, 3.8) is 0 Å². The first-order valence-corrected chi connectivity index (χ1v) is 7.86. The summed E-state index contributed by atoms with van der Waals surface area (Å²) in [7, 11) is -0.609. The zero-order chi connectivity index (χ0) is 13.1. The number of aromatic nitrogens is 3. The van der Waals surface area contributed by atoms with Crippen LogP contribution >= 0.6 is 0 Å². The van der Waals surface area contributed by atoms with Crippen molar-refractivity contribution in [3.8, 4) is 5.82 Å². The molecule has 0 aromatic carbocycles. The minimum Gasteiger partial charge on any atom is -0.381 e. The van der Waals surface area contributed by atoms with E-state index in [0.717, 1.165) is 35.9 Å². The first-order valence-electron chi connectivity index (χ1n) is 6.37. The highest BCUT2D eigenvalue weighted by molar-refractivity contribution is 7.85. The lowest BCUT2D eigenvalue weighted by atomic mass is 10.1. The summed E-state index contributed by atoms with van der Waals surface area (Å²) in [5.74, 6) is 2.46. The van der Waals surface area contributed by atoms with E-state index in [4.69, 9.17) is 0 Å². The van der Waals surface area contributed by atoms with Gasteiger partial charge in [0, 0.05) is 40.7 Å². The van der Waals surface area contributed by atoms with E-state index in [1.807, 2.05) is 29.1 Å². The molecule has 5 nitrogen and oxygen atoms in total. The number of hydrogen-bond acceptors (Lipinski definition) is 4. The predicted molar refractivity (Wildman–Crippen MR) is 75.9 cm³/mol. The van der Waals surface area contributed by atoms with Gasteiger partial charge in [-0.25, -0.2) is 9.97 Å². The van der Waals surface area contributed by atoms with Crippen LogP contribution in [0.1, 0.15) is 12.8 Å². The molecule has 1 fully saturated rings. The molecule has 0 saturated carbocycles. The van der Waals surface area contributed by atoms with E-state index in [0.29, 0.717) is 6.04 Å². The number of rotatable bonds is 3. The summed E-state index contributed by atoms with van der Waals surface area (Å²) in [5, 5.41) is 3.45. The Balaban J connectivity index is 1.65. The summed E-state index contributed by atoms with van der Waals surface area (Å²) >= 11 is 0. The van der Waals surface area contributed by atoms with Gasteiger partial charge in [-0.3, -0.25) is 8.78 Å². The number of pyridine rings is 1. The van der Waals surface area contributed by atoms with Crippen LogP contribution in [0.2, 0.25) is 0 Å². The van der Waals surface area contributed by atoms with Gasteiger partial charge in [-0.2, -0.15) is 0 Å². The van der Waals surface area contributed by atoms with Crippen LogP contribution in [0.5, 0.6) is 0 Å². The van der Waals surface area contributed by atoms with Gasteiger partial charge < -0.3 is 5.32 Å². The van der Waals surface area contributed by atoms with E-state index in [1.54, 1.807) is 12.5 Å². The molecule has 19 heavy (non-hydrogen) atoms. The lowest BCUT2D eigenvalue weighted by Gasteiger charge is -2.23. The fourth-order valence-corrected chi connectivity index (χ4v) is 3.49. The Morgan fingerprint density at radius 3 is 2.79 bits per heavy atom. The average molecular weight is 276 g/mol. The molecular formula is C13H16N4OS. The van der Waals surface area contributed by atoms with Crippen LogP contribution < -0.4 is 5.32 Å². The van der Waals surface area contributed by atoms with Crippen LogP contribution in [0.4, 0.5) is 5.69 Å². The molecule has 0 bridgehead atoms. The second kappa shape index (κ2) is 5.52. The van der Waals surface area contributed by atoms with E-state index in [1.165, 1.54) is 0 Å². The minimum atomic E-state index is -0.609. The zero-order valence-electron chi connectivity index (χ0n) is 10.5. The smallest absolute Gasteiger partial charge is 0.137 e. The standard InChI is InChI=1S/C13H16N4OS/c18-19-7-3-11(4-8-19)16-12-1-2-13(15-9-12)17-6-5-14-10-17/h1-2,5-6,9-11,16H,3-4,7-8H2. The largest absolute Gasteiger partial charge is 0.381 e. The normalized spacial score (nSPS) is 23.2. The second-order valence-electron chi connectivity index (χ2n) is 4.64. The Hall–Kier alpha value is -1.69. The van der Waals surface area contributed by atoms with Gasteiger partial charge in [-0.05, 0) is 25.0 Å². The third kappa shape index (κ3) is 3.01. The number of anilines is 1. The Labute approximate surface area is 114 Å². The molecule has 0 spiro atoms. The van der Waals surface area contributed by atoms with Crippen LogP contribution in [-0.4, -0.2) is 36.3 Å². The Kier molecular flexibility index (Phi) is 3.59. The van der Waals surface area contributed by atoms with Gasteiger partial charge in [-0.1, -0.05) is 0 Å². The molecule has 2 aromatic rings. The van der Waals surface area contributed by atoms with Crippen LogP contribution in [0.15, 0.2) is 37.1 Å². The monoisotopic (exact) mass is 276 g/mol. The topological polar surface area (TPSA) is 59.8 Å². The Morgan fingerprint density at radius 1 is 1.32 bits per heavy atom. The molecule has 100 valence electrons. The van der Waals surface area contributed by atoms with Crippen LogP contribution in [0.3, 0.4) is 0 Å². The first-order chi connectivity index (χ1) is 9.31. The van der Waals surface area contributed by atoms with Crippen molar-refractivity contribution in [2.45, 2.75) is 18.9 Å². The minimum absolute atomic E-state index is 0.415. The predicted octanol–water partition coefficient (Wildman–Crippen LogP) is 1.59. The average Bonchev–Trinajstić information content (AvgIpc) is 2.96. The van der Waals surface area contributed by atoms with Crippen molar-refractivity contribution in [1.82, 2.24) is 14.5 Å². The number of nitrogens with zero attached hydrogens (tertiary/aromatic N) is 3. The van der Waals surface area contributed by atoms with E-state index >= 15 is 0 Å². The molecule has 1 aliphatic heterocycles. The van der Waals surface area contributed by atoms with Crippen molar-refractivity contribution in [2.75, 3.05) is 16.8 Å². The summed E-state index contributed by atoms with van der Waals surface area (Å²) in [4.78, 5) is 8.40. The maximum Gasteiger partial charge on any atom is 0.137 e. The lowest BCUT2D eigenvalue weighted by molar-refractivity contribution is 0.624. The highest BCUT2D eigenvalue weighted by Gasteiger charge is 2.17. The van der Waals surface area contributed by atoms with Crippen molar-refractivity contribution < 1.29 is 4.21 Å². The number of imidazole rings is 1. The van der Waals surface area contributed by atoms with Gasteiger partial charge >= 0.3 is 0 Å². The summed E-state index contributed by atoms with van der Waals surface area (Å²) < 4.78 is 13.2. The maximum atomic E-state index is 11.3. The SMILES string of the molecule is O=S1CCC(Nc2ccc(-n3ccnc3)nc2)CC1. The fraction of sp³-hybridized carbons (Fsp3) is 0.385. The second-order valence-corrected chi connectivity index (χ2v) is 6.34. The van der Waals surface area contributed by atoms with Crippen molar-refractivity contribution in [3.05, 3.63) is 37.1 Å². The lowest BCUT2D eigenvalue weighted by Crippen LogP contribution is -2.29. The van der Waals surface area contributed by atoms with Crippen LogP contribution in [0, 0.1) is 0 Å². The molecule has 6 heteroatoms. The molecule has 0 atom stereocenters. The third-order valence-electron chi connectivity index (χ3n) is 3.28. The molecule has 0 aliphatic carbocycles. The van der Waals surface area contributed by atoms with E-state index in [9.17, 15) is 4.21 Å². The van der Waals surface area contributed by atoms with Gasteiger partial charge in [0.2, 0.25) is 0 Å². The summed E-state index contributed by atoms with van der Waals surface area (Å²) in [5.41, 5.74) is 1.02. The molecule has 0 radical (unpaired) electrons. The van der Waals surface area contributed by atoms with E-state index < -0.39 is 10.8 Å². The maximum absolute atomic E-state index is 11.3. The van der Waals surface area contributed by atoms with Gasteiger partial charge in [0.15, 0.2) is 0 Å². The number of nitrogens with one attached hydrogen (secondary N) is 1. The molecule has 2 aromatic heterocycles. The summed E-state index contributed by atoms with van der Waals surface area (Å²) in [6.45, 7) is 0. The summed E-state index contributed by atoms with van der Waals surface area (Å²) in [6.07, 6.45) is 9.10. The zero-order valence-corrected chi connectivity index (χ0v) is 11.3. The Bertz CT molecular complexity index is 543. The molecule has 0 amide bonds. The fourth-order valence-electron chi connectivity index (χ4n) is 2.19. The molecule has 0 unspecified atom stereocenters. The van der Waals surface area contributed by atoms with Gasteiger partial charge in [0.05, 0.1) is 11.9 Å². The van der Waals surface area contributed by atoms with Crippen molar-refractivity contribution >= 4 is 16.5 Å². The van der Waals surface area contributed by atoms with Crippen LogP contribution in [-0.2, 0) is 10.8 Å².